The summed E-state index contributed by atoms with van der Waals surface area (Å²) in [5.41, 5.74) is 4.65. The highest BCUT2D eigenvalue weighted by atomic mass is 16.5. The van der Waals surface area contributed by atoms with Crippen LogP contribution in [0.5, 0.6) is 11.5 Å². The van der Waals surface area contributed by atoms with Gasteiger partial charge in [0.1, 0.15) is 11.5 Å². The number of hydrogen-bond donors (Lipinski definition) is 0. The summed E-state index contributed by atoms with van der Waals surface area (Å²) in [7, 11) is 7.25. The van der Waals surface area contributed by atoms with Gasteiger partial charge in [-0.25, -0.2) is 0 Å². The van der Waals surface area contributed by atoms with Crippen LogP contribution in [0.2, 0.25) is 0 Å². The maximum absolute atomic E-state index is 12.8. The number of ketones is 1. The largest absolute Gasteiger partial charge is 0.496 e. The molecule has 3 aromatic rings. The van der Waals surface area contributed by atoms with E-state index in [1.807, 2.05) is 73.6 Å². The van der Waals surface area contributed by atoms with Gasteiger partial charge in [0.25, 0.3) is 0 Å². The Labute approximate surface area is 178 Å². The molecule has 4 heteroatoms. The number of allylic oxidation sites excluding steroid dienone is 1. The van der Waals surface area contributed by atoms with Gasteiger partial charge in [-0.05, 0) is 67.7 Å². The normalized spacial score (nSPS) is 11.1. The van der Waals surface area contributed by atoms with Crippen molar-refractivity contribution >= 4 is 11.9 Å². The third-order valence-electron chi connectivity index (χ3n) is 4.80. The zero-order chi connectivity index (χ0) is 21.5. The predicted molar refractivity (Wildman–Crippen MR) is 122 cm³/mol. The molecule has 4 nitrogen and oxygen atoms in total. The Morgan fingerprint density at radius 2 is 1.57 bits per heavy atom. The lowest BCUT2D eigenvalue weighted by Crippen LogP contribution is -2.12. The van der Waals surface area contributed by atoms with Crippen molar-refractivity contribution in [2.24, 2.45) is 0 Å². The fourth-order valence-electron chi connectivity index (χ4n) is 3.33. The average Bonchev–Trinajstić information content (AvgIpc) is 2.77. The molecule has 0 aromatic heterocycles. The van der Waals surface area contributed by atoms with Crippen LogP contribution in [0.15, 0.2) is 72.8 Å². The van der Waals surface area contributed by atoms with E-state index in [1.54, 1.807) is 26.4 Å². The van der Waals surface area contributed by atoms with Gasteiger partial charge in [0, 0.05) is 23.2 Å². The van der Waals surface area contributed by atoms with Gasteiger partial charge >= 0.3 is 0 Å². The van der Waals surface area contributed by atoms with Crippen LogP contribution >= 0.6 is 0 Å². The second-order valence-electron chi connectivity index (χ2n) is 7.28. The quantitative estimate of drug-likeness (QED) is 0.378. The SMILES string of the molecule is COc1ccc(-c2ccccc2)cc1C=CC(=O)c1ccc(OC)c(CN(C)C)c1. The fourth-order valence-corrected chi connectivity index (χ4v) is 3.33. The maximum atomic E-state index is 12.8. The first kappa shape index (κ1) is 21.3. The molecule has 3 aromatic carbocycles. The van der Waals surface area contributed by atoms with E-state index in [1.165, 1.54) is 0 Å². The third-order valence-corrected chi connectivity index (χ3v) is 4.80. The molecular weight excluding hydrogens is 374 g/mol. The van der Waals surface area contributed by atoms with Crippen molar-refractivity contribution in [3.8, 4) is 22.6 Å². The van der Waals surface area contributed by atoms with Crippen LogP contribution in [0.25, 0.3) is 17.2 Å². The summed E-state index contributed by atoms with van der Waals surface area (Å²) in [6.07, 6.45) is 3.40. The summed E-state index contributed by atoms with van der Waals surface area (Å²) in [6.45, 7) is 0.695. The zero-order valence-corrected chi connectivity index (χ0v) is 17.9. The van der Waals surface area contributed by atoms with E-state index in [0.29, 0.717) is 12.1 Å². The molecule has 0 N–H and O–H groups in total. The second-order valence-corrected chi connectivity index (χ2v) is 7.28. The van der Waals surface area contributed by atoms with Gasteiger partial charge < -0.3 is 14.4 Å². The van der Waals surface area contributed by atoms with Crippen LogP contribution in [0.4, 0.5) is 0 Å². The molecule has 3 rings (SSSR count). The van der Waals surface area contributed by atoms with Crippen molar-refractivity contribution in [3.63, 3.8) is 0 Å². The zero-order valence-electron chi connectivity index (χ0n) is 17.9. The highest BCUT2D eigenvalue weighted by molar-refractivity contribution is 6.07. The molecule has 0 saturated heterocycles. The second kappa shape index (κ2) is 9.90. The lowest BCUT2D eigenvalue weighted by atomic mass is 10.0. The highest BCUT2D eigenvalue weighted by Gasteiger charge is 2.10. The Bertz CT molecular complexity index is 1040. The van der Waals surface area contributed by atoms with Gasteiger partial charge in [-0.15, -0.1) is 0 Å². The summed E-state index contributed by atoms with van der Waals surface area (Å²) >= 11 is 0. The summed E-state index contributed by atoms with van der Waals surface area (Å²) < 4.78 is 10.9. The molecule has 0 aliphatic heterocycles. The van der Waals surface area contributed by atoms with Gasteiger partial charge in [0.05, 0.1) is 14.2 Å². The number of rotatable bonds is 8. The lowest BCUT2D eigenvalue weighted by Gasteiger charge is -2.14. The van der Waals surface area contributed by atoms with E-state index >= 15 is 0 Å². The molecule has 0 bridgehead atoms. The third kappa shape index (κ3) is 5.16. The van der Waals surface area contributed by atoms with Crippen molar-refractivity contribution in [2.75, 3.05) is 28.3 Å². The van der Waals surface area contributed by atoms with Crippen molar-refractivity contribution in [2.45, 2.75) is 6.54 Å². The average molecular weight is 402 g/mol. The number of carbonyl (C=O) groups is 1. The van der Waals surface area contributed by atoms with Crippen LogP contribution in [0.1, 0.15) is 21.5 Å². The number of hydrogen-bond acceptors (Lipinski definition) is 4. The van der Waals surface area contributed by atoms with E-state index in [-0.39, 0.29) is 5.78 Å². The minimum absolute atomic E-state index is 0.0650. The summed E-state index contributed by atoms with van der Waals surface area (Å²) in [4.78, 5) is 14.9. The molecule has 0 atom stereocenters. The first-order valence-electron chi connectivity index (χ1n) is 9.79. The molecule has 0 heterocycles. The van der Waals surface area contributed by atoms with Gasteiger partial charge in [-0.3, -0.25) is 4.79 Å². The number of nitrogens with zero attached hydrogens (tertiary/aromatic N) is 1. The Morgan fingerprint density at radius 3 is 2.23 bits per heavy atom. The number of ether oxygens (including phenoxy) is 2. The Morgan fingerprint density at radius 1 is 0.867 bits per heavy atom. The van der Waals surface area contributed by atoms with Crippen LogP contribution in [0, 0.1) is 0 Å². The summed E-state index contributed by atoms with van der Waals surface area (Å²) in [6, 6.07) is 21.6. The van der Waals surface area contributed by atoms with E-state index in [0.717, 1.165) is 33.8 Å². The minimum atomic E-state index is -0.0650. The standard InChI is InChI=1S/C26H27NO3/c1-27(2)18-23-17-21(12-15-26(23)30-4)24(28)13-10-22-16-20(11-14-25(22)29-3)19-8-6-5-7-9-19/h5-17H,18H2,1-4H3. The van der Waals surface area contributed by atoms with Crippen molar-refractivity contribution in [1.82, 2.24) is 4.90 Å². The van der Waals surface area contributed by atoms with E-state index in [9.17, 15) is 4.79 Å². The first-order valence-corrected chi connectivity index (χ1v) is 9.79. The predicted octanol–water partition coefficient (Wildman–Crippen LogP) is 5.33. The molecule has 0 amide bonds. The molecule has 30 heavy (non-hydrogen) atoms. The van der Waals surface area contributed by atoms with Crippen molar-refractivity contribution in [1.29, 1.82) is 0 Å². The lowest BCUT2D eigenvalue weighted by molar-refractivity contribution is 0.104. The molecule has 0 aliphatic rings. The van der Waals surface area contributed by atoms with Gasteiger partial charge in [0.15, 0.2) is 5.78 Å². The van der Waals surface area contributed by atoms with Crippen molar-refractivity contribution in [3.05, 3.63) is 89.5 Å². The number of carbonyl (C=O) groups excluding carboxylic acids is 1. The van der Waals surface area contributed by atoms with E-state index in [2.05, 4.69) is 12.1 Å². The molecule has 154 valence electrons. The van der Waals surface area contributed by atoms with Gasteiger partial charge in [-0.2, -0.15) is 0 Å². The Kier molecular flexibility index (Phi) is 7.04. The maximum Gasteiger partial charge on any atom is 0.185 e. The molecule has 0 spiro atoms. The molecular formula is C26H27NO3. The minimum Gasteiger partial charge on any atom is -0.496 e. The molecule has 0 unspecified atom stereocenters. The van der Waals surface area contributed by atoms with Crippen LogP contribution in [-0.2, 0) is 6.54 Å². The van der Waals surface area contributed by atoms with Crippen LogP contribution in [0.3, 0.4) is 0 Å². The van der Waals surface area contributed by atoms with Crippen LogP contribution < -0.4 is 9.47 Å². The smallest absolute Gasteiger partial charge is 0.185 e. The Balaban J connectivity index is 1.89. The van der Waals surface area contributed by atoms with E-state index in [4.69, 9.17) is 9.47 Å². The number of methoxy groups -OCH3 is 2. The summed E-state index contributed by atoms with van der Waals surface area (Å²) in [5, 5.41) is 0. The van der Waals surface area contributed by atoms with Crippen LogP contribution in [-0.4, -0.2) is 39.0 Å². The van der Waals surface area contributed by atoms with Gasteiger partial charge in [-0.1, -0.05) is 36.4 Å². The summed E-state index contributed by atoms with van der Waals surface area (Å²) in [5.74, 6) is 1.44. The van der Waals surface area contributed by atoms with Crippen molar-refractivity contribution < 1.29 is 14.3 Å². The molecule has 0 aliphatic carbocycles. The first-order chi connectivity index (χ1) is 14.5. The molecule has 0 radical (unpaired) electrons. The monoisotopic (exact) mass is 401 g/mol. The van der Waals surface area contributed by atoms with E-state index < -0.39 is 0 Å². The topological polar surface area (TPSA) is 38.8 Å². The Hall–Kier alpha value is -3.37. The fraction of sp³-hybridized carbons (Fsp3) is 0.192. The molecule has 0 fully saturated rings. The highest BCUT2D eigenvalue weighted by Crippen LogP contribution is 2.28. The number of benzene rings is 3. The van der Waals surface area contributed by atoms with Gasteiger partial charge in [0.2, 0.25) is 0 Å². The molecule has 0 saturated carbocycles.